The van der Waals surface area contributed by atoms with Gasteiger partial charge in [0.1, 0.15) is 22.8 Å². The summed E-state index contributed by atoms with van der Waals surface area (Å²) >= 11 is 0. The fraction of sp³-hybridized carbons (Fsp3) is 0.200. The molecule has 194 valence electrons. The standard InChI is InChI=1S/C20H11F9N8/c1-37-11(8-14(36-37)20(27,28)29)16-33-15(10-3-2-4-12(32-10)18(21,22)23)34-17(35-16)31-9-5-6-30-13(7-9)19(24,25)26/h2-8H,1H3,(H,30,31,33,34,35). The minimum atomic E-state index is -4.83. The van der Waals surface area contributed by atoms with Crippen LogP contribution >= 0.6 is 0 Å². The molecule has 0 aromatic carbocycles. The van der Waals surface area contributed by atoms with Crippen LogP contribution in [0.25, 0.3) is 23.0 Å². The number of aromatic nitrogens is 7. The molecule has 17 heteroatoms. The Morgan fingerprint density at radius 1 is 0.703 bits per heavy atom. The Morgan fingerprint density at radius 2 is 1.35 bits per heavy atom. The van der Waals surface area contributed by atoms with E-state index in [9.17, 15) is 39.5 Å². The number of anilines is 2. The van der Waals surface area contributed by atoms with E-state index in [1.165, 1.54) is 0 Å². The van der Waals surface area contributed by atoms with Gasteiger partial charge in [0.15, 0.2) is 17.3 Å². The van der Waals surface area contributed by atoms with Gasteiger partial charge in [0.25, 0.3) is 0 Å². The van der Waals surface area contributed by atoms with E-state index in [0.717, 1.165) is 36.1 Å². The molecule has 1 N–H and O–H groups in total. The van der Waals surface area contributed by atoms with Gasteiger partial charge in [-0.3, -0.25) is 9.67 Å². The Hall–Kier alpha value is -4.31. The molecule has 0 radical (unpaired) electrons. The van der Waals surface area contributed by atoms with Gasteiger partial charge in [-0.15, -0.1) is 0 Å². The average molecular weight is 534 g/mol. The van der Waals surface area contributed by atoms with Crippen molar-refractivity contribution in [3.05, 3.63) is 59.7 Å². The third-order valence-corrected chi connectivity index (χ3v) is 4.61. The van der Waals surface area contributed by atoms with Crippen LogP contribution in [0, 0.1) is 0 Å². The van der Waals surface area contributed by atoms with Crippen molar-refractivity contribution in [2.45, 2.75) is 18.5 Å². The maximum Gasteiger partial charge on any atom is 0.435 e. The van der Waals surface area contributed by atoms with E-state index in [1.807, 2.05) is 0 Å². The molecule has 0 saturated carbocycles. The Morgan fingerprint density at radius 3 is 1.97 bits per heavy atom. The summed E-state index contributed by atoms with van der Waals surface area (Å²) in [6, 6.07) is 5.11. The van der Waals surface area contributed by atoms with Crippen molar-refractivity contribution in [2.75, 3.05) is 5.32 Å². The van der Waals surface area contributed by atoms with Crippen molar-refractivity contribution in [3.8, 4) is 23.0 Å². The summed E-state index contributed by atoms with van der Waals surface area (Å²) in [5, 5.41) is 5.77. The predicted molar refractivity (Wildman–Crippen MR) is 108 cm³/mol. The van der Waals surface area contributed by atoms with Gasteiger partial charge in [0.2, 0.25) is 5.95 Å². The highest BCUT2D eigenvalue weighted by Gasteiger charge is 2.36. The molecule has 4 heterocycles. The van der Waals surface area contributed by atoms with Crippen LogP contribution in [0.15, 0.2) is 42.6 Å². The quantitative estimate of drug-likeness (QED) is 0.344. The van der Waals surface area contributed by atoms with Crippen LogP contribution < -0.4 is 5.32 Å². The van der Waals surface area contributed by atoms with E-state index in [-0.39, 0.29) is 11.4 Å². The minimum absolute atomic E-state index is 0.219. The van der Waals surface area contributed by atoms with Crippen LogP contribution in [-0.2, 0) is 25.6 Å². The molecule has 4 rings (SSSR count). The Labute approximate surface area is 200 Å². The monoisotopic (exact) mass is 534 g/mol. The number of alkyl halides is 9. The molecule has 0 amide bonds. The van der Waals surface area contributed by atoms with Crippen LogP contribution in [0.2, 0.25) is 0 Å². The number of nitrogens with one attached hydrogen (secondary N) is 1. The molecular weight excluding hydrogens is 523 g/mol. The van der Waals surface area contributed by atoms with Crippen molar-refractivity contribution in [3.63, 3.8) is 0 Å². The zero-order chi connectivity index (χ0) is 27.2. The number of hydrogen-bond donors (Lipinski definition) is 1. The molecule has 0 atom stereocenters. The third kappa shape index (κ3) is 5.75. The van der Waals surface area contributed by atoms with E-state index in [2.05, 4.69) is 35.3 Å². The summed E-state index contributed by atoms with van der Waals surface area (Å²) in [5.41, 5.74) is -4.83. The first-order chi connectivity index (χ1) is 17.1. The van der Waals surface area contributed by atoms with Crippen LogP contribution in [-0.4, -0.2) is 34.7 Å². The van der Waals surface area contributed by atoms with Gasteiger partial charge in [0.05, 0.1) is 0 Å². The third-order valence-electron chi connectivity index (χ3n) is 4.61. The number of rotatable bonds is 4. The van der Waals surface area contributed by atoms with Crippen molar-refractivity contribution < 1.29 is 39.5 Å². The summed E-state index contributed by atoms with van der Waals surface area (Å²) in [4.78, 5) is 18.4. The molecule has 0 fully saturated rings. The average Bonchev–Trinajstić information content (AvgIpc) is 3.20. The van der Waals surface area contributed by atoms with Crippen molar-refractivity contribution >= 4 is 11.6 Å². The Bertz CT molecular complexity index is 1440. The molecule has 4 aromatic rings. The predicted octanol–water partition coefficient (Wildman–Crippen LogP) is 5.53. The van der Waals surface area contributed by atoms with Crippen LogP contribution in [0.5, 0.6) is 0 Å². The highest BCUT2D eigenvalue weighted by molar-refractivity contribution is 5.62. The van der Waals surface area contributed by atoms with Gasteiger partial charge >= 0.3 is 18.5 Å². The van der Waals surface area contributed by atoms with E-state index < -0.39 is 58.9 Å². The van der Waals surface area contributed by atoms with E-state index >= 15 is 0 Å². The van der Waals surface area contributed by atoms with Crippen molar-refractivity contribution in [2.24, 2.45) is 7.05 Å². The van der Waals surface area contributed by atoms with E-state index in [1.54, 1.807) is 0 Å². The van der Waals surface area contributed by atoms with E-state index in [0.29, 0.717) is 18.2 Å². The highest BCUT2D eigenvalue weighted by atomic mass is 19.4. The highest BCUT2D eigenvalue weighted by Crippen LogP contribution is 2.33. The molecule has 37 heavy (non-hydrogen) atoms. The molecule has 0 spiro atoms. The zero-order valence-electron chi connectivity index (χ0n) is 18.1. The van der Waals surface area contributed by atoms with Gasteiger partial charge in [-0.2, -0.15) is 54.6 Å². The molecule has 0 saturated heterocycles. The van der Waals surface area contributed by atoms with Crippen LogP contribution in [0.1, 0.15) is 17.1 Å². The molecule has 0 aliphatic carbocycles. The van der Waals surface area contributed by atoms with Crippen LogP contribution in [0.3, 0.4) is 0 Å². The summed E-state index contributed by atoms with van der Waals surface area (Å²) < 4.78 is 119. The first kappa shape index (κ1) is 25.8. The van der Waals surface area contributed by atoms with Crippen molar-refractivity contribution in [1.82, 2.24) is 34.7 Å². The lowest BCUT2D eigenvalue weighted by molar-refractivity contribution is -0.142. The Kier molecular flexibility index (Phi) is 6.25. The first-order valence-corrected chi connectivity index (χ1v) is 9.84. The second-order valence-electron chi connectivity index (χ2n) is 7.30. The second kappa shape index (κ2) is 8.97. The minimum Gasteiger partial charge on any atom is -0.324 e. The largest absolute Gasteiger partial charge is 0.435 e. The lowest BCUT2D eigenvalue weighted by atomic mass is 10.2. The number of halogens is 9. The normalized spacial score (nSPS) is 12.6. The number of aryl methyl sites for hydroxylation is 1. The van der Waals surface area contributed by atoms with Gasteiger partial charge in [-0.25, -0.2) is 9.97 Å². The lowest BCUT2D eigenvalue weighted by Gasteiger charge is -2.11. The van der Waals surface area contributed by atoms with Crippen LogP contribution in [0.4, 0.5) is 51.1 Å². The molecule has 0 unspecified atom stereocenters. The SMILES string of the molecule is Cn1nc(C(F)(F)F)cc1-c1nc(Nc2ccnc(C(F)(F)F)c2)nc(-c2cccc(C(F)(F)F)n2)n1. The number of nitrogens with zero attached hydrogens (tertiary/aromatic N) is 7. The topological polar surface area (TPSA) is 94.3 Å². The second-order valence-corrected chi connectivity index (χ2v) is 7.30. The van der Waals surface area contributed by atoms with Gasteiger partial charge in [-0.05, 0) is 30.3 Å². The smallest absolute Gasteiger partial charge is 0.324 e. The van der Waals surface area contributed by atoms with Gasteiger partial charge < -0.3 is 5.32 Å². The van der Waals surface area contributed by atoms with Crippen molar-refractivity contribution in [1.29, 1.82) is 0 Å². The molecule has 4 aromatic heterocycles. The van der Waals surface area contributed by atoms with Gasteiger partial charge in [0, 0.05) is 18.9 Å². The zero-order valence-corrected chi connectivity index (χ0v) is 18.1. The summed E-state index contributed by atoms with van der Waals surface area (Å²) in [6.07, 6.45) is -13.6. The molecule has 0 aliphatic rings. The molecule has 0 bridgehead atoms. The number of pyridine rings is 2. The molecule has 8 nitrogen and oxygen atoms in total. The Balaban J connectivity index is 1.85. The lowest BCUT2D eigenvalue weighted by Crippen LogP contribution is -2.10. The molecular formula is C20H11F9N8. The number of hydrogen-bond acceptors (Lipinski definition) is 7. The maximum absolute atomic E-state index is 13.2. The fourth-order valence-electron chi connectivity index (χ4n) is 2.99. The van der Waals surface area contributed by atoms with E-state index in [4.69, 9.17) is 0 Å². The molecule has 0 aliphatic heterocycles. The summed E-state index contributed by atoms with van der Waals surface area (Å²) in [7, 11) is 1.14. The summed E-state index contributed by atoms with van der Waals surface area (Å²) in [6.45, 7) is 0. The summed E-state index contributed by atoms with van der Waals surface area (Å²) in [5.74, 6) is -1.46. The first-order valence-electron chi connectivity index (χ1n) is 9.84. The fourth-order valence-corrected chi connectivity index (χ4v) is 2.99. The van der Waals surface area contributed by atoms with Gasteiger partial charge in [-0.1, -0.05) is 6.07 Å². The maximum atomic E-state index is 13.2.